The summed E-state index contributed by atoms with van der Waals surface area (Å²) in [7, 11) is 1.53. The molecule has 0 bridgehead atoms. The first kappa shape index (κ1) is 12.4. The summed E-state index contributed by atoms with van der Waals surface area (Å²) in [6, 6.07) is 2.89. The van der Waals surface area contributed by atoms with E-state index >= 15 is 0 Å². The number of halogens is 2. The third-order valence-electron chi connectivity index (χ3n) is 2.10. The zero-order valence-electron chi connectivity index (χ0n) is 9.18. The second-order valence-corrected chi connectivity index (χ2v) is 3.55. The normalized spacial score (nSPS) is 12.0. The van der Waals surface area contributed by atoms with Crippen molar-refractivity contribution in [2.24, 2.45) is 0 Å². The summed E-state index contributed by atoms with van der Waals surface area (Å²) in [4.78, 5) is 11.0. The molecule has 88 valence electrons. The maximum Gasteiger partial charge on any atom is 0.221 e. The van der Waals surface area contributed by atoms with Crippen molar-refractivity contribution in [3.63, 3.8) is 0 Å². The molecule has 3 nitrogen and oxygen atoms in total. The molecule has 5 heteroatoms. The van der Waals surface area contributed by atoms with Crippen LogP contribution >= 0.6 is 0 Å². The smallest absolute Gasteiger partial charge is 0.221 e. The molecule has 0 aliphatic heterocycles. The number of amides is 1. The third kappa shape index (κ3) is 3.49. The molecule has 1 unspecified atom stereocenters. The van der Waals surface area contributed by atoms with Crippen LogP contribution < -0.4 is 10.6 Å². The van der Waals surface area contributed by atoms with Gasteiger partial charge >= 0.3 is 0 Å². The fraction of sp³-hybridized carbons (Fsp3) is 0.364. The predicted octanol–water partition coefficient (Wildman–Crippen LogP) is 1.90. The average Bonchev–Trinajstić information content (AvgIpc) is 2.23. The van der Waals surface area contributed by atoms with Crippen molar-refractivity contribution < 1.29 is 13.6 Å². The maximum atomic E-state index is 13.2. The highest BCUT2D eigenvalue weighted by Crippen LogP contribution is 2.16. The number of carbonyl (C=O) groups is 1. The molecule has 0 aliphatic rings. The van der Waals surface area contributed by atoms with Gasteiger partial charge in [0.05, 0.1) is 5.69 Å². The fourth-order valence-electron chi connectivity index (χ4n) is 1.30. The van der Waals surface area contributed by atoms with E-state index < -0.39 is 11.6 Å². The first-order chi connectivity index (χ1) is 7.52. The molecule has 1 aromatic rings. The van der Waals surface area contributed by atoms with Crippen molar-refractivity contribution in [2.45, 2.75) is 19.4 Å². The van der Waals surface area contributed by atoms with Crippen LogP contribution in [0.15, 0.2) is 18.2 Å². The maximum absolute atomic E-state index is 13.2. The summed E-state index contributed by atoms with van der Waals surface area (Å²) < 4.78 is 26.1. The van der Waals surface area contributed by atoms with Crippen molar-refractivity contribution in [1.29, 1.82) is 0 Å². The molecular formula is C11H14F2N2O. The molecule has 0 radical (unpaired) electrons. The summed E-state index contributed by atoms with van der Waals surface area (Å²) in [5.41, 5.74) is 0.0661. The van der Waals surface area contributed by atoms with Crippen molar-refractivity contribution in [1.82, 2.24) is 5.32 Å². The van der Waals surface area contributed by atoms with Crippen LogP contribution in [-0.4, -0.2) is 19.0 Å². The Balaban J connectivity index is 2.65. The number of benzene rings is 1. The van der Waals surface area contributed by atoms with Crippen LogP contribution in [0.2, 0.25) is 0 Å². The summed E-state index contributed by atoms with van der Waals surface area (Å²) in [6.45, 7) is 1.72. The van der Waals surface area contributed by atoms with Crippen LogP contribution in [0.25, 0.3) is 0 Å². The van der Waals surface area contributed by atoms with Gasteiger partial charge in [0, 0.05) is 19.5 Å². The summed E-state index contributed by atoms with van der Waals surface area (Å²) >= 11 is 0. The number of hydrogen-bond donors (Lipinski definition) is 2. The van der Waals surface area contributed by atoms with Gasteiger partial charge in [-0.3, -0.25) is 4.79 Å². The summed E-state index contributed by atoms with van der Waals surface area (Å²) in [5.74, 6) is -1.21. The Kier molecular flexibility index (Phi) is 4.22. The lowest BCUT2D eigenvalue weighted by molar-refractivity contribution is -0.120. The fourth-order valence-corrected chi connectivity index (χ4v) is 1.30. The number of carbonyl (C=O) groups excluding carboxylic acids is 1. The Labute approximate surface area is 92.8 Å². The van der Waals surface area contributed by atoms with E-state index in [2.05, 4.69) is 10.6 Å². The van der Waals surface area contributed by atoms with Crippen molar-refractivity contribution in [3.8, 4) is 0 Å². The highest BCUT2D eigenvalue weighted by molar-refractivity contribution is 5.76. The quantitative estimate of drug-likeness (QED) is 0.826. The SMILES string of the molecule is CNC(=O)CC(C)Nc1cc(F)ccc1F. The Hall–Kier alpha value is -1.65. The zero-order chi connectivity index (χ0) is 12.1. The predicted molar refractivity (Wildman–Crippen MR) is 58.1 cm³/mol. The van der Waals surface area contributed by atoms with E-state index in [0.29, 0.717) is 0 Å². The van der Waals surface area contributed by atoms with Gasteiger partial charge in [-0.05, 0) is 25.1 Å². The molecule has 1 rings (SSSR count). The molecule has 1 aromatic carbocycles. The zero-order valence-corrected chi connectivity index (χ0v) is 9.18. The van der Waals surface area contributed by atoms with Gasteiger partial charge in [-0.2, -0.15) is 0 Å². The summed E-state index contributed by atoms with van der Waals surface area (Å²) in [6.07, 6.45) is 0.201. The molecule has 0 aliphatic carbocycles. The Morgan fingerprint density at radius 1 is 1.44 bits per heavy atom. The van der Waals surface area contributed by atoms with Crippen LogP contribution in [-0.2, 0) is 4.79 Å². The topological polar surface area (TPSA) is 41.1 Å². The Morgan fingerprint density at radius 3 is 2.75 bits per heavy atom. The monoisotopic (exact) mass is 228 g/mol. The minimum atomic E-state index is -0.537. The molecule has 1 amide bonds. The largest absolute Gasteiger partial charge is 0.380 e. The van der Waals surface area contributed by atoms with E-state index in [-0.39, 0.29) is 24.1 Å². The molecule has 0 saturated heterocycles. The van der Waals surface area contributed by atoms with Crippen LogP contribution in [0.4, 0.5) is 14.5 Å². The van der Waals surface area contributed by atoms with Gasteiger partial charge in [0.15, 0.2) is 0 Å². The van der Waals surface area contributed by atoms with Gasteiger partial charge < -0.3 is 10.6 Å². The Bertz CT molecular complexity index is 382. The van der Waals surface area contributed by atoms with E-state index in [1.165, 1.54) is 7.05 Å². The lowest BCUT2D eigenvalue weighted by atomic mass is 10.2. The van der Waals surface area contributed by atoms with E-state index in [9.17, 15) is 13.6 Å². The van der Waals surface area contributed by atoms with Crippen molar-refractivity contribution >= 4 is 11.6 Å². The van der Waals surface area contributed by atoms with Gasteiger partial charge in [0.25, 0.3) is 0 Å². The molecule has 0 heterocycles. The number of hydrogen-bond acceptors (Lipinski definition) is 2. The standard InChI is InChI=1S/C11H14F2N2O/c1-7(5-11(16)14-2)15-10-6-8(12)3-4-9(10)13/h3-4,6-7,15H,5H2,1-2H3,(H,14,16). The van der Waals surface area contributed by atoms with Crippen LogP contribution in [0.1, 0.15) is 13.3 Å². The van der Waals surface area contributed by atoms with E-state index in [4.69, 9.17) is 0 Å². The van der Waals surface area contributed by atoms with Gasteiger partial charge in [0.1, 0.15) is 11.6 Å². The van der Waals surface area contributed by atoms with Crippen LogP contribution in [0.5, 0.6) is 0 Å². The lowest BCUT2D eigenvalue weighted by Gasteiger charge is -2.14. The van der Waals surface area contributed by atoms with Gasteiger partial charge in [-0.1, -0.05) is 0 Å². The summed E-state index contributed by atoms with van der Waals surface area (Å²) in [5, 5.41) is 5.20. The first-order valence-corrected chi connectivity index (χ1v) is 4.95. The van der Waals surface area contributed by atoms with Crippen LogP contribution in [0, 0.1) is 11.6 Å². The molecule has 2 N–H and O–H groups in total. The molecule has 16 heavy (non-hydrogen) atoms. The highest BCUT2D eigenvalue weighted by Gasteiger charge is 2.10. The number of nitrogens with one attached hydrogen (secondary N) is 2. The molecule has 0 aromatic heterocycles. The van der Waals surface area contributed by atoms with Crippen molar-refractivity contribution in [2.75, 3.05) is 12.4 Å². The van der Waals surface area contributed by atoms with Gasteiger partial charge in [-0.25, -0.2) is 8.78 Å². The van der Waals surface area contributed by atoms with E-state index in [1.807, 2.05) is 0 Å². The molecule has 0 fully saturated rings. The molecule has 1 atom stereocenters. The van der Waals surface area contributed by atoms with Gasteiger partial charge in [-0.15, -0.1) is 0 Å². The minimum Gasteiger partial charge on any atom is -0.380 e. The van der Waals surface area contributed by atoms with E-state index in [0.717, 1.165) is 18.2 Å². The number of rotatable bonds is 4. The van der Waals surface area contributed by atoms with Crippen molar-refractivity contribution in [3.05, 3.63) is 29.8 Å². The molecule has 0 saturated carbocycles. The van der Waals surface area contributed by atoms with E-state index in [1.54, 1.807) is 6.92 Å². The average molecular weight is 228 g/mol. The minimum absolute atomic E-state index is 0.0661. The lowest BCUT2D eigenvalue weighted by Crippen LogP contribution is -2.27. The second-order valence-electron chi connectivity index (χ2n) is 3.55. The third-order valence-corrected chi connectivity index (χ3v) is 2.10. The van der Waals surface area contributed by atoms with Gasteiger partial charge in [0.2, 0.25) is 5.91 Å². The van der Waals surface area contributed by atoms with Crippen LogP contribution in [0.3, 0.4) is 0 Å². The highest BCUT2D eigenvalue weighted by atomic mass is 19.1. The second kappa shape index (κ2) is 5.44. The molecule has 0 spiro atoms. The molecular weight excluding hydrogens is 214 g/mol. The number of anilines is 1. The Morgan fingerprint density at radius 2 is 2.12 bits per heavy atom. The first-order valence-electron chi connectivity index (χ1n) is 4.95.